The van der Waals surface area contributed by atoms with Gasteiger partial charge in [0.15, 0.2) is 0 Å². The van der Waals surface area contributed by atoms with Crippen molar-refractivity contribution in [3.8, 4) is 0 Å². The smallest absolute Gasteiger partial charge is 0.227 e. The number of rotatable bonds is 1. The van der Waals surface area contributed by atoms with Gasteiger partial charge < -0.3 is 15.0 Å². The van der Waals surface area contributed by atoms with E-state index in [-0.39, 0.29) is 18.1 Å². The molecule has 0 spiro atoms. The SMILES string of the molecule is CC1CN(C(=O)[C@H]2CCNC2)CC(C)O1. The molecule has 2 aliphatic heterocycles. The summed E-state index contributed by atoms with van der Waals surface area (Å²) in [7, 11) is 0. The Kier molecular flexibility index (Phi) is 3.26. The third-order valence-corrected chi connectivity index (χ3v) is 3.14. The minimum atomic E-state index is 0.173. The van der Waals surface area contributed by atoms with E-state index in [0.29, 0.717) is 5.91 Å². The highest BCUT2D eigenvalue weighted by Gasteiger charge is 2.31. The number of amides is 1. The molecule has 0 radical (unpaired) electrons. The predicted molar refractivity (Wildman–Crippen MR) is 57.6 cm³/mol. The van der Waals surface area contributed by atoms with Crippen molar-refractivity contribution in [3.05, 3.63) is 0 Å². The number of carbonyl (C=O) groups excluding carboxylic acids is 1. The van der Waals surface area contributed by atoms with Gasteiger partial charge >= 0.3 is 0 Å². The Labute approximate surface area is 91.0 Å². The zero-order chi connectivity index (χ0) is 10.8. The van der Waals surface area contributed by atoms with Crippen molar-refractivity contribution >= 4 is 5.91 Å². The van der Waals surface area contributed by atoms with E-state index in [2.05, 4.69) is 5.32 Å². The monoisotopic (exact) mass is 212 g/mol. The number of nitrogens with one attached hydrogen (secondary N) is 1. The Morgan fingerprint density at radius 1 is 1.33 bits per heavy atom. The van der Waals surface area contributed by atoms with Crippen LogP contribution in [0.1, 0.15) is 20.3 Å². The van der Waals surface area contributed by atoms with Crippen molar-refractivity contribution in [2.45, 2.75) is 32.5 Å². The highest BCUT2D eigenvalue weighted by molar-refractivity contribution is 5.79. The molecule has 0 saturated carbocycles. The van der Waals surface area contributed by atoms with Crippen LogP contribution in [0.15, 0.2) is 0 Å². The molecule has 86 valence electrons. The first-order valence-corrected chi connectivity index (χ1v) is 5.82. The van der Waals surface area contributed by atoms with Crippen LogP contribution in [0.4, 0.5) is 0 Å². The van der Waals surface area contributed by atoms with Crippen LogP contribution in [-0.2, 0) is 9.53 Å². The number of ether oxygens (including phenoxy) is 1. The first-order chi connectivity index (χ1) is 7.16. The number of hydrogen-bond acceptors (Lipinski definition) is 3. The van der Waals surface area contributed by atoms with Gasteiger partial charge in [-0.2, -0.15) is 0 Å². The van der Waals surface area contributed by atoms with Crippen LogP contribution in [-0.4, -0.2) is 49.2 Å². The van der Waals surface area contributed by atoms with Crippen molar-refractivity contribution in [2.75, 3.05) is 26.2 Å². The van der Waals surface area contributed by atoms with Crippen molar-refractivity contribution in [2.24, 2.45) is 5.92 Å². The van der Waals surface area contributed by atoms with Crippen molar-refractivity contribution in [3.63, 3.8) is 0 Å². The third kappa shape index (κ3) is 2.49. The second-order valence-electron chi connectivity index (χ2n) is 4.69. The largest absolute Gasteiger partial charge is 0.372 e. The molecular formula is C11H20N2O2. The molecular weight excluding hydrogens is 192 g/mol. The van der Waals surface area contributed by atoms with Gasteiger partial charge in [-0.1, -0.05) is 0 Å². The summed E-state index contributed by atoms with van der Waals surface area (Å²) in [6, 6.07) is 0. The fraction of sp³-hybridized carbons (Fsp3) is 0.909. The first-order valence-electron chi connectivity index (χ1n) is 5.82. The lowest BCUT2D eigenvalue weighted by Crippen LogP contribution is -2.50. The molecule has 0 aromatic rings. The Balaban J connectivity index is 1.93. The predicted octanol–water partition coefficient (Wildman–Crippen LogP) is 0.232. The van der Waals surface area contributed by atoms with E-state index >= 15 is 0 Å². The number of carbonyl (C=O) groups is 1. The highest BCUT2D eigenvalue weighted by Crippen LogP contribution is 2.17. The number of morpholine rings is 1. The van der Waals surface area contributed by atoms with Crippen molar-refractivity contribution < 1.29 is 9.53 Å². The zero-order valence-electron chi connectivity index (χ0n) is 9.53. The van der Waals surface area contributed by atoms with Crippen molar-refractivity contribution in [1.29, 1.82) is 0 Å². The van der Waals surface area contributed by atoms with Crippen LogP contribution >= 0.6 is 0 Å². The minimum absolute atomic E-state index is 0.173. The van der Waals surface area contributed by atoms with E-state index in [1.807, 2.05) is 18.7 Å². The molecule has 2 aliphatic rings. The summed E-state index contributed by atoms with van der Waals surface area (Å²) in [6.45, 7) is 7.38. The van der Waals surface area contributed by atoms with Crippen LogP contribution in [0.3, 0.4) is 0 Å². The Morgan fingerprint density at radius 3 is 2.53 bits per heavy atom. The van der Waals surface area contributed by atoms with Gasteiger partial charge in [0.2, 0.25) is 5.91 Å². The quantitative estimate of drug-likeness (QED) is 0.676. The molecule has 2 saturated heterocycles. The molecule has 2 heterocycles. The van der Waals surface area contributed by atoms with Crippen LogP contribution in [0, 0.1) is 5.92 Å². The van der Waals surface area contributed by atoms with Crippen LogP contribution < -0.4 is 5.32 Å². The van der Waals surface area contributed by atoms with Gasteiger partial charge in [-0.25, -0.2) is 0 Å². The van der Waals surface area contributed by atoms with Crippen LogP contribution in [0.25, 0.3) is 0 Å². The molecule has 3 atom stereocenters. The van der Waals surface area contributed by atoms with E-state index in [0.717, 1.165) is 32.6 Å². The normalized spacial score (nSPS) is 36.9. The molecule has 1 amide bonds. The molecule has 0 aromatic heterocycles. The topological polar surface area (TPSA) is 41.6 Å². The summed E-state index contributed by atoms with van der Waals surface area (Å²) in [4.78, 5) is 14.1. The fourth-order valence-electron chi connectivity index (χ4n) is 2.48. The molecule has 4 nitrogen and oxygen atoms in total. The molecule has 2 fully saturated rings. The molecule has 15 heavy (non-hydrogen) atoms. The first kappa shape index (κ1) is 10.9. The number of hydrogen-bond donors (Lipinski definition) is 1. The molecule has 4 heteroatoms. The van der Waals surface area contributed by atoms with E-state index in [4.69, 9.17) is 4.74 Å². The van der Waals surface area contributed by atoms with Gasteiger partial charge in [0.25, 0.3) is 0 Å². The van der Waals surface area contributed by atoms with Gasteiger partial charge in [0.1, 0.15) is 0 Å². The molecule has 1 N–H and O–H groups in total. The molecule has 0 aromatic carbocycles. The summed E-state index contributed by atoms with van der Waals surface area (Å²) in [5.74, 6) is 0.504. The number of nitrogens with zero attached hydrogens (tertiary/aromatic N) is 1. The van der Waals surface area contributed by atoms with Gasteiger partial charge in [0, 0.05) is 19.6 Å². The van der Waals surface area contributed by atoms with E-state index in [9.17, 15) is 4.79 Å². The highest BCUT2D eigenvalue weighted by atomic mass is 16.5. The van der Waals surface area contributed by atoms with Crippen LogP contribution in [0.2, 0.25) is 0 Å². The van der Waals surface area contributed by atoms with E-state index < -0.39 is 0 Å². The lowest BCUT2D eigenvalue weighted by Gasteiger charge is -2.36. The maximum absolute atomic E-state index is 12.1. The van der Waals surface area contributed by atoms with Crippen LogP contribution in [0.5, 0.6) is 0 Å². The summed E-state index contributed by atoms with van der Waals surface area (Å²) in [6.07, 6.45) is 1.33. The van der Waals surface area contributed by atoms with Crippen molar-refractivity contribution in [1.82, 2.24) is 10.2 Å². The average molecular weight is 212 g/mol. The summed E-state index contributed by atoms with van der Waals surface area (Å²) in [5, 5.41) is 3.24. The maximum atomic E-state index is 12.1. The molecule has 0 bridgehead atoms. The Morgan fingerprint density at radius 2 is 2.00 bits per heavy atom. The minimum Gasteiger partial charge on any atom is -0.372 e. The lowest BCUT2D eigenvalue weighted by molar-refractivity contribution is -0.146. The standard InChI is InChI=1S/C11H20N2O2/c1-8-6-13(7-9(2)15-8)11(14)10-3-4-12-5-10/h8-10,12H,3-7H2,1-2H3/t8?,9?,10-/m0/s1. The second-order valence-corrected chi connectivity index (χ2v) is 4.69. The average Bonchev–Trinajstić information content (AvgIpc) is 2.67. The lowest BCUT2D eigenvalue weighted by atomic mass is 10.1. The summed E-state index contributed by atoms with van der Waals surface area (Å²) in [5.41, 5.74) is 0. The molecule has 2 unspecified atom stereocenters. The zero-order valence-corrected chi connectivity index (χ0v) is 9.53. The third-order valence-electron chi connectivity index (χ3n) is 3.14. The Bertz CT molecular complexity index is 229. The van der Waals surface area contributed by atoms with Gasteiger partial charge in [-0.05, 0) is 26.8 Å². The second kappa shape index (κ2) is 4.49. The van der Waals surface area contributed by atoms with E-state index in [1.165, 1.54) is 0 Å². The molecule has 0 aliphatic carbocycles. The fourth-order valence-corrected chi connectivity index (χ4v) is 2.48. The molecule has 2 rings (SSSR count). The summed E-state index contributed by atoms with van der Waals surface area (Å²) < 4.78 is 5.62. The van der Waals surface area contributed by atoms with Gasteiger partial charge in [0.05, 0.1) is 18.1 Å². The summed E-state index contributed by atoms with van der Waals surface area (Å²) >= 11 is 0. The maximum Gasteiger partial charge on any atom is 0.227 e. The van der Waals surface area contributed by atoms with E-state index in [1.54, 1.807) is 0 Å². The Hall–Kier alpha value is -0.610. The van der Waals surface area contributed by atoms with Gasteiger partial charge in [-0.3, -0.25) is 4.79 Å². The van der Waals surface area contributed by atoms with Gasteiger partial charge in [-0.15, -0.1) is 0 Å².